The van der Waals surface area contributed by atoms with Crippen LogP contribution in [0.3, 0.4) is 0 Å². The number of carbonyl (C=O) groups is 2. The number of hydrogen-bond acceptors (Lipinski definition) is 3. The van der Waals surface area contributed by atoms with Crippen LogP contribution in [0, 0.1) is 5.92 Å². The summed E-state index contributed by atoms with van der Waals surface area (Å²) in [6, 6.07) is -0.258. The van der Waals surface area contributed by atoms with Crippen LogP contribution in [0.25, 0.3) is 0 Å². The number of likely N-dealkylation sites (tertiary alicyclic amines) is 1. The van der Waals surface area contributed by atoms with E-state index in [2.05, 4.69) is 12.2 Å². The van der Waals surface area contributed by atoms with Crippen molar-refractivity contribution in [1.29, 1.82) is 0 Å². The Balaban J connectivity index is 2.46. The zero-order chi connectivity index (χ0) is 15.0. The fourth-order valence-electron chi connectivity index (χ4n) is 3.05. The second kappa shape index (κ2) is 8.95. The molecule has 116 valence electrons. The third-order valence-corrected chi connectivity index (χ3v) is 4.16. The minimum atomic E-state index is -0.258. The molecule has 1 aliphatic rings. The summed E-state index contributed by atoms with van der Waals surface area (Å²) in [5.74, 6) is 0.618. The number of hydrogen-bond donors (Lipinski definition) is 2. The third-order valence-electron chi connectivity index (χ3n) is 4.16. The molecule has 5 nitrogen and oxygen atoms in total. The van der Waals surface area contributed by atoms with Crippen LogP contribution < -0.4 is 11.1 Å². The molecule has 5 heteroatoms. The quantitative estimate of drug-likeness (QED) is 0.704. The highest BCUT2D eigenvalue weighted by atomic mass is 16.2. The van der Waals surface area contributed by atoms with Crippen LogP contribution in [-0.2, 0) is 9.59 Å². The zero-order valence-electron chi connectivity index (χ0n) is 12.9. The maximum atomic E-state index is 12.3. The number of carbonyl (C=O) groups excluding carboxylic acids is 2. The van der Waals surface area contributed by atoms with Gasteiger partial charge in [0.05, 0.1) is 0 Å². The zero-order valence-corrected chi connectivity index (χ0v) is 12.9. The van der Waals surface area contributed by atoms with Gasteiger partial charge in [-0.3, -0.25) is 9.59 Å². The molecule has 1 fully saturated rings. The second-order valence-electron chi connectivity index (χ2n) is 5.63. The highest BCUT2D eigenvalue weighted by molar-refractivity contribution is 5.88. The Labute approximate surface area is 122 Å². The topological polar surface area (TPSA) is 75.4 Å². The number of nitrogens with zero attached hydrogens (tertiary/aromatic N) is 1. The Morgan fingerprint density at radius 1 is 1.35 bits per heavy atom. The summed E-state index contributed by atoms with van der Waals surface area (Å²) in [6.07, 6.45) is 6.38. The van der Waals surface area contributed by atoms with Crippen LogP contribution in [0.1, 0.15) is 51.9 Å². The minimum Gasteiger partial charge on any atom is -0.357 e. The van der Waals surface area contributed by atoms with E-state index in [-0.39, 0.29) is 17.9 Å². The van der Waals surface area contributed by atoms with Gasteiger partial charge in [0.25, 0.3) is 0 Å². The Hall–Kier alpha value is -1.10. The average molecular weight is 283 g/mol. The van der Waals surface area contributed by atoms with Gasteiger partial charge in [-0.1, -0.05) is 19.8 Å². The SMILES string of the molecule is CCCC(CCN)CCC(=O)N1CCCC1C(=O)NC. The predicted molar refractivity (Wildman–Crippen MR) is 80.1 cm³/mol. The molecule has 2 atom stereocenters. The van der Waals surface area contributed by atoms with Crippen molar-refractivity contribution >= 4 is 11.8 Å². The fourth-order valence-corrected chi connectivity index (χ4v) is 3.05. The minimum absolute atomic E-state index is 0.0390. The van der Waals surface area contributed by atoms with Gasteiger partial charge in [0.2, 0.25) is 11.8 Å². The van der Waals surface area contributed by atoms with Gasteiger partial charge in [-0.2, -0.15) is 0 Å². The van der Waals surface area contributed by atoms with Crippen LogP contribution >= 0.6 is 0 Å². The van der Waals surface area contributed by atoms with E-state index < -0.39 is 0 Å². The molecule has 2 unspecified atom stereocenters. The summed E-state index contributed by atoms with van der Waals surface area (Å²) < 4.78 is 0. The van der Waals surface area contributed by atoms with E-state index in [4.69, 9.17) is 5.73 Å². The van der Waals surface area contributed by atoms with Gasteiger partial charge in [0.15, 0.2) is 0 Å². The van der Waals surface area contributed by atoms with Gasteiger partial charge in [-0.25, -0.2) is 0 Å². The first-order valence-corrected chi connectivity index (χ1v) is 7.85. The average Bonchev–Trinajstić information content (AvgIpc) is 2.93. The Bertz CT molecular complexity index is 314. The maximum Gasteiger partial charge on any atom is 0.242 e. The summed E-state index contributed by atoms with van der Waals surface area (Å²) in [7, 11) is 1.63. The smallest absolute Gasteiger partial charge is 0.242 e. The lowest BCUT2D eigenvalue weighted by atomic mass is 9.94. The molecule has 0 aromatic carbocycles. The number of nitrogens with two attached hydrogens (primary N) is 1. The van der Waals surface area contributed by atoms with E-state index in [0.29, 0.717) is 25.4 Å². The van der Waals surface area contributed by atoms with E-state index in [1.807, 2.05) is 0 Å². The first-order valence-electron chi connectivity index (χ1n) is 7.85. The van der Waals surface area contributed by atoms with Crippen LogP contribution in [0.2, 0.25) is 0 Å². The molecule has 0 radical (unpaired) electrons. The van der Waals surface area contributed by atoms with E-state index >= 15 is 0 Å². The van der Waals surface area contributed by atoms with Crippen LogP contribution in [0.15, 0.2) is 0 Å². The van der Waals surface area contributed by atoms with Crippen molar-refractivity contribution in [2.75, 3.05) is 20.1 Å². The third kappa shape index (κ3) is 4.78. The maximum absolute atomic E-state index is 12.3. The summed E-state index contributed by atoms with van der Waals surface area (Å²) in [5, 5.41) is 2.65. The molecule has 1 rings (SSSR count). The van der Waals surface area contributed by atoms with Crippen LogP contribution in [0.4, 0.5) is 0 Å². The van der Waals surface area contributed by atoms with Gasteiger partial charge >= 0.3 is 0 Å². The molecule has 3 N–H and O–H groups in total. The molecule has 1 saturated heterocycles. The molecule has 2 amide bonds. The number of amides is 2. The molecule has 0 spiro atoms. The molecule has 0 aromatic rings. The molecule has 1 aliphatic heterocycles. The highest BCUT2D eigenvalue weighted by Gasteiger charge is 2.33. The molecular formula is C15H29N3O2. The van der Waals surface area contributed by atoms with E-state index in [1.165, 1.54) is 0 Å². The van der Waals surface area contributed by atoms with Crippen LogP contribution in [-0.4, -0.2) is 42.9 Å². The summed E-state index contributed by atoms with van der Waals surface area (Å²) in [4.78, 5) is 25.8. The summed E-state index contributed by atoms with van der Waals surface area (Å²) in [6.45, 7) is 3.56. The molecule has 0 aromatic heterocycles. The van der Waals surface area contributed by atoms with Crippen LogP contribution in [0.5, 0.6) is 0 Å². The lowest BCUT2D eigenvalue weighted by Crippen LogP contribution is -2.44. The standard InChI is InChI=1S/C15H29N3O2/c1-3-5-12(9-10-16)7-8-14(19)18-11-4-6-13(18)15(20)17-2/h12-13H,3-11,16H2,1-2H3,(H,17,20). The first-order chi connectivity index (χ1) is 9.63. The Kier molecular flexibility index (Phi) is 7.59. The van der Waals surface area contributed by atoms with Crippen molar-refractivity contribution in [2.24, 2.45) is 11.7 Å². The lowest BCUT2D eigenvalue weighted by Gasteiger charge is -2.24. The second-order valence-corrected chi connectivity index (χ2v) is 5.63. The molecule has 0 saturated carbocycles. The lowest BCUT2D eigenvalue weighted by molar-refractivity contribution is -0.138. The van der Waals surface area contributed by atoms with Gasteiger partial charge in [0, 0.05) is 20.0 Å². The Morgan fingerprint density at radius 2 is 2.10 bits per heavy atom. The molecule has 1 heterocycles. The monoisotopic (exact) mass is 283 g/mol. The largest absolute Gasteiger partial charge is 0.357 e. The van der Waals surface area contributed by atoms with Gasteiger partial charge in [-0.15, -0.1) is 0 Å². The van der Waals surface area contributed by atoms with Gasteiger partial charge in [0.1, 0.15) is 6.04 Å². The highest BCUT2D eigenvalue weighted by Crippen LogP contribution is 2.22. The fraction of sp³-hybridized carbons (Fsp3) is 0.867. The summed E-state index contributed by atoms with van der Waals surface area (Å²) >= 11 is 0. The van der Waals surface area contributed by atoms with E-state index in [0.717, 1.165) is 38.5 Å². The van der Waals surface area contributed by atoms with Crippen molar-refractivity contribution in [3.05, 3.63) is 0 Å². The van der Waals surface area contributed by atoms with Crippen molar-refractivity contribution in [1.82, 2.24) is 10.2 Å². The van der Waals surface area contributed by atoms with Crippen molar-refractivity contribution in [2.45, 2.75) is 57.9 Å². The summed E-state index contributed by atoms with van der Waals surface area (Å²) in [5.41, 5.74) is 5.62. The first kappa shape index (κ1) is 17.0. The van der Waals surface area contributed by atoms with E-state index in [1.54, 1.807) is 11.9 Å². The van der Waals surface area contributed by atoms with Gasteiger partial charge < -0.3 is 16.0 Å². The number of rotatable bonds is 8. The van der Waals surface area contributed by atoms with Gasteiger partial charge in [-0.05, 0) is 38.1 Å². The number of likely N-dealkylation sites (N-methyl/N-ethyl adjacent to an activating group) is 1. The normalized spacial score (nSPS) is 19.9. The van der Waals surface area contributed by atoms with Crippen molar-refractivity contribution < 1.29 is 9.59 Å². The number of nitrogens with one attached hydrogen (secondary N) is 1. The Morgan fingerprint density at radius 3 is 2.70 bits per heavy atom. The van der Waals surface area contributed by atoms with Crippen molar-refractivity contribution in [3.63, 3.8) is 0 Å². The molecular weight excluding hydrogens is 254 g/mol. The molecule has 0 bridgehead atoms. The predicted octanol–water partition coefficient (Wildman–Crippen LogP) is 1.27. The molecule has 0 aliphatic carbocycles. The van der Waals surface area contributed by atoms with E-state index in [9.17, 15) is 9.59 Å². The molecule has 20 heavy (non-hydrogen) atoms. The van der Waals surface area contributed by atoms with Crippen molar-refractivity contribution in [3.8, 4) is 0 Å².